The molecule has 6 rings (SSSR count). The Balaban J connectivity index is 1.35. The van der Waals surface area contributed by atoms with Crippen molar-refractivity contribution in [1.29, 1.82) is 0 Å². The van der Waals surface area contributed by atoms with Crippen LogP contribution in [0.15, 0.2) is 10.9 Å². The summed E-state index contributed by atoms with van der Waals surface area (Å²) >= 11 is 0. The molecule has 1 saturated heterocycles. The molecule has 1 N–H and O–H groups in total. The van der Waals surface area contributed by atoms with E-state index in [0.717, 1.165) is 36.9 Å². The van der Waals surface area contributed by atoms with Crippen molar-refractivity contribution in [1.82, 2.24) is 14.8 Å². The number of aryl methyl sites for hydroxylation is 2. The first-order valence-electron chi connectivity index (χ1n) is 13.5. The molecule has 0 bridgehead atoms. The summed E-state index contributed by atoms with van der Waals surface area (Å²) < 4.78 is 35.0. The summed E-state index contributed by atoms with van der Waals surface area (Å²) in [5.74, 6) is -1.60. The SMILES string of the molecule is Cc1cc(C)c(CN2CC3(CC3)c3c(F)c4c(c(C)c3C2=O)O[C@@](C)([C@@H]2CC[C@H](N(C)C)CO2)O4)c(=O)[nH]1. The van der Waals surface area contributed by atoms with Crippen molar-refractivity contribution in [2.75, 3.05) is 27.2 Å². The zero-order chi connectivity index (χ0) is 27.1. The van der Waals surface area contributed by atoms with Crippen molar-refractivity contribution in [2.45, 2.75) is 83.3 Å². The molecule has 4 aliphatic rings. The number of nitrogens with zero attached hydrogens (tertiary/aromatic N) is 2. The van der Waals surface area contributed by atoms with Crippen molar-refractivity contribution in [3.8, 4) is 11.5 Å². The lowest BCUT2D eigenvalue weighted by Gasteiger charge is -2.38. The van der Waals surface area contributed by atoms with Crippen molar-refractivity contribution < 1.29 is 23.4 Å². The van der Waals surface area contributed by atoms with Gasteiger partial charge in [0, 0.05) is 47.3 Å². The third-order valence-corrected chi connectivity index (χ3v) is 8.99. The molecule has 1 aromatic carbocycles. The molecule has 2 aromatic rings. The molecule has 8 nitrogen and oxygen atoms in total. The zero-order valence-electron chi connectivity index (χ0n) is 23.0. The van der Waals surface area contributed by atoms with Gasteiger partial charge in [-0.05, 0) is 72.2 Å². The largest absolute Gasteiger partial charge is 0.446 e. The highest BCUT2D eigenvalue weighted by Crippen LogP contribution is 2.59. The molecule has 2 fully saturated rings. The van der Waals surface area contributed by atoms with E-state index in [1.807, 2.05) is 34.0 Å². The number of nitrogens with one attached hydrogen (secondary N) is 1. The molecule has 38 heavy (non-hydrogen) atoms. The fourth-order valence-electron chi connectivity index (χ4n) is 6.52. The standard InChI is InChI=1S/C29H36FN3O5/c1-15-11-16(2)31-26(34)19(15)12-33-14-29(9-10-29)22-21(27(33)35)17(3)24-25(23(22)30)38-28(4,37-24)20-8-7-18(13-36-20)32(5)6/h11,18,20H,7-10,12-14H2,1-6H3,(H,31,34)/t18-,20-,28+/m0/s1. The van der Waals surface area contributed by atoms with Crippen LogP contribution in [0.25, 0.3) is 0 Å². The number of H-pyrrole nitrogens is 1. The Kier molecular flexibility index (Phi) is 5.71. The summed E-state index contributed by atoms with van der Waals surface area (Å²) in [6, 6.07) is 2.22. The Bertz CT molecular complexity index is 1390. The van der Waals surface area contributed by atoms with Gasteiger partial charge in [0.1, 0.15) is 6.10 Å². The van der Waals surface area contributed by atoms with Gasteiger partial charge in [0.15, 0.2) is 11.6 Å². The Labute approximate surface area is 222 Å². The van der Waals surface area contributed by atoms with E-state index >= 15 is 4.39 Å². The number of likely N-dealkylation sites (N-methyl/N-ethyl adjacent to an activating group) is 1. The number of benzene rings is 1. The van der Waals surface area contributed by atoms with E-state index < -0.39 is 17.0 Å². The predicted molar refractivity (Wildman–Crippen MR) is 139 cm³/mol. The van der Waals surface area contributed by atoms with Gasteiger partial charge in [-0.1, -0.05) is 0 Å². The average molecular weight is 526 g/mol. The minimum atomic E-state index is -1.18. The van der Waals surface area contributed by atoms with Gasteiger partial charge >= 0.3 is 0 Å². The minimum Gasteiger partial charge on any atom is -0.446 e. The van der Waals surface area contributed by atoms with E-state index in [4.69, 9.17) is 14.2 Å². The van der Waals surface area contributed by atoms with Crippen LogP contribution in [-0.4, -0.2) is 65.9 Å². The van der Waals surface area contributed by atoms with Gasteiger partial charge in [0.25, 0.3) is 17.3 Å². The van der Waals surface area contributed by atoms with Crippen LogP contribution in [0.1, 0.15) is 70.9 Å². The maximum atomic E-state index is 16.3. The van der Waals surface area contributed by atoms with Gasteiger partial charge in [0.2, 0.25) is 5.75 Å². The number of fused-ring (bicyclic) bond motifs is 3. The highest BCUT2D eigenvalue weighted by molar-refractivity contribution is 6.00. The molecule has 1 saturated carbocycles. The molecule has 0 unspecified atom stereocenters. The van der Waals surface area contributed by atoms with Gasteiger partial charge in [-0.15, -0.1) is 0 Å². The number of aromatic amines is 1. The predicted octanol–water partition coefficient (Wildman–Crippen LogP) is 3.72. The third kappa shape index (κ3) is 3.77. The molecule has 4 heterocycles. The fourth-order valence-corrected chi connectivity index (χ4v) is 6.52. The highest BCUT2D eigenvalue weighted by Gasteiger charge is 2.57. The van der Waals surface area contributed by atoms with Crippen LogP contribution in [0.3, 0.4) is 0 Å². The molecule has 1 spiro atoms. The Morgan fingerprint density at radius 3 is 2.45 bits per heavy atom. The van der Waals surface area contributed by atoms with Gasteiger partial charge in [-0.3, -0.25) is 9.59 Å². The van der Waals surface area contributed by atoms with Crippen molar-refractivity contribution in [2.24, 2.45) is 0 Å². The third-order valence-electron chi connectivity index (χ3n) is 8.99. The molecule has 3 atom stereocenters. The number of carbonyl (C=O) groups is 1. The molecule has 3 aliphatic heterocycles. The van der Waals surface area contributed by atoms with Crippen molar-refractivity contribution in [3.63, 3.8) is 0 Å². The first-order valence-corrected chi connectivity index (χ1v) is 13.5. The Hall–Kier alpha value is -2.91. The minimum absolute atomic E-state index is 0.0837. The maximum absolute atomic E-state index is 16.3. The number of hydrogen-bond donors (Lipinski definition) is 1. The number of halogens is 1. The second-order valence-electron chi connectivity index (χ2n) is 12.0. The maximum Gasteiger partial charge on any atom is 0.275 e. The quantitative estimate of drug-likeness (QED) is 0.655. The topological polar surface area (TPSA) is 84.1 Å². The smallest absolute Gasteiger partial charge is 0.275 e. The van der Waals surface area contributed by atoms with Crippen LogP contribution in [0.2, 0.25) is 0 Å². The van der Waals surface area contributed by atoms with E-state index in [1.54, 1.807) is 18.7 Å². The number of ether oxygens (including phenoxy) is 3. The Morgan fingerprint density at radius 2 is 1.84 bits per heavy atom. The van der Waals surface area contributed by atoms with Crippen LogP contribution in [0.4, 0.5) is 4.39 Å². The van der Waals surface area contributed by atoms with E-state index in [2.05, 4.69) is 9.88 Å². The normalized spacial score (nSPS) is 27.3. The molecule has 1 aromatic heterocycles. The molecule has 9 heteroatoms. The fraction of sp³-hybridized carbons (Fsp3) is 0.586. The van der Waals surface area contributed by atoms with Crippen LogP contribution < -0.4 is 15.0 Å². The summed E-state index contributed by atoms with van der Waals surface area (Å²) in [6.07, 6.45) is 2.83. The second-order valence-corrected chi connectivity index (χ2v) is 12.0. The van der Waals surface area contributed by atoms with Gasteiger partial charge in [0.05, 0.1) is 18.7 Å². The number of aromatic nitrogens is 1. The van der Waals surface area contributed by atoms with Gasteiger partial charge in [-0.2, -0.15) is 0 Å². The lowest BCUT2D eigenvalue weighted by molar-refractivity contribution is -0.191. The number of carbonyl (C=O) groups excluding carboxylic acids is 1. The van der Waals surface area contributed by atoms with Gasteiger partial charge in [-0.25, -0.2) is 4.39 Å². The number of pyridine rings is 1. The van der Waals surface area contributed by atoms with Crippen LogP contribution in [-0.2, 0) is 16.7 Å². The van der Waals surface area contributed by atoms with E-state index in [-0.39, 0.29) is 35.6 Å². The number of rotatable bonds is 4. The molecular weight excluding hydrogens is 489 g/mol. The summed E-state index contributed by atoms with van der Waals surface area (Å²) in [5, 5.41) is 0. The highest BCUT2D eigenvalue weighted by atomic mass is 19.1. The van der Waals surface area contributed by atoms with Crippen LogP contribution in [0, 0.1) is 26.6 Å². The summed E-state index contributed by atoms with van der Waals surface area (Å²) in [7, 11) is 4.06. The Morgan fingerprint density at radius 1 is 1.13 bits per heavy atom. The lowest BCUT2D eigenvalue weighted by atomic mass is 9.83. The van der Waals surface area contributed by atoms with Crippen LogP contribution >= 0.6 is 0 Å². The first-order chi connectivity index (χ1) is 17.9. The second kappa shape index (κ2) is 8.55. The van der Waals surface area contributed by atoms with E-state index in [1.165, 1.54) is 0 Å². The van der Waals surface area contributed by atoms with Crippen molar-refractivity contribution >= 4 is 5.91 Å². The number of amides is 1. The summed E-state index contributed by atoms with van der Waals surface area (Å²) in [5.41, 5.74) is 2.87. The summed E-state index contributed by atoms with van der Waals surface area (Å²) in [6.45, 7) is 8.40. The first kappa shape index (κ1) is 25.4. The van der Waals surface area contributed by atoms with Crippen LogP contribution in [0.5, 0.6) is 11.5 Å². The average Bonchev–Trinajstić information content (AvgIpc) is 3.53. The summed E-state index contributed by atoms with van der Waals surface area (Å²) in [4.78, 5) is 33.3. The lowest BCUT2D eigenvalue weighted by Crippen LogP contribution is -2.53. The molecule has 0 radical (unpaired) electrons. The molecule has 1 aliphatic carbocycles. The monoisotopic (exact) mass is 525 g/mol. The molecule has 1 amide bonds. The number of hydrogen-bond acceptors (Lipinski definition) is 6. The molecule has 204 valence electrons. The zero-order valence-corrected chi connectivity index (χ0v) is 23.0. The van der Waals surface area contributed by atoms with E-state index in [0.29, 0.717) is 41.4 Å². The van der Waals surface area contributed by atoms with Crippen molar-refractivity contribution in [3.05, 3.63) is 55.7 Å². The molecular formula is C29H36FN3O5. The van der Waals surface area contributed by atoms with E-state index in [9.17, 15) is 9.59 Å². The van der Waals surface area contributed by atoms with Gasteiger partial charge < -0.3 is 29.0 Å².